The maximum Gasteiger partial charge on any atom is 0.128 e. The molecule has 3 heteroatoms. The Morgan fingerprint density at radius 1 is 1.20 bits per heavy atom. The van der Waals surface area contributed by atoms with Gasteiger partial charge in [0.2, 0.25) is 0 Å². The summed E-state index contributed by atoms with van der Waals surface area (Å²) in [6, 6.07) is 3.91. The van der Waals surface area contributed by atoms with E-state index >= 15 is 0 Å². The van der Waals surface area contributed by atoms with Crippen LogP contribution in [-0.2, 0) is 6.42 Å². The summed E-state index contributed by atoms with van der Waals surface area (Å²) >= 11 is 6.22. The summed E-state index contributed by atoms with van der Waals surface area (Å²) in [6.07, 6.45) is 4.73. The summed E-state index contributed by atoms with van der Waals surface area (Å²) in [5.74, 6) is 4.71. The lowest BCUT2D eigenvalue weighted by molar-refractivity contribution is 0.126. The molecule has 1 aliphatic heterocycles. The highest BCUT2D eigenvalue weighted by molar-refractivity contribution is 6.30. The highest BCUT2D eigenvalue weighted by atomic mass is 35.5. The van der Waals surface area contributed by atoms with Crippen LogP contribution in [0.4, 0.5) is 0 Å². The molecule has 0 amide bonds. The lowest BCUT2D eigenvalue weighted by atomic mass is 9.93. The van der Waals surface area contributed by atoms with Crippen LogP contribution in [0, 0.1) is 29.6 Å². The molecule has 106 valence electrons. The second-order valence-electron chi connectivity index (χ2n) is 7.09. The van der Waals surface area contributed by atoms with E-state index in [-0.39, 0.29) is 6.10 Å². The number of ether oxygens (including phenoxy) is 1. The van der Waals surface area contributed by atoms with E-state index in [1.165, 1.54) is 24.8 Å². The van der Waals surface area contributed by atoms with Gasteiger partial charge < -0.3 is 9.84 Å². The largest absolute Gasteiger partial charge is 0.493 e. The fourth-order valence-corrected chi connectivity index (χ4v) is 5.79. The molecule has 0 saturated heterocycles. The van der Waals surface area contributed by atoms with Crippen LogP contribution in [0.3, 0.4) is 0 Å². The molecular weight excluding hydrogens is 272 g/mol. The van der Waals surface area contributed by atoms with E-state index < -0.39 is 0 Å². The van der Waals surface area contributed by atoms with Gasteiger partial charge in [-0.15, -0.1) is 0 Å². The molecule has 3 saturated carbocycles. The highest BCUT2D eigenvalue weighted by Crippen LogP contribution is 2.72. The topological polar surface area (TPSA) is 29.5 Å². The summed E-state index contributed by atoms with van der Waals surface area (Å²) in [7, 11) is 0. The minimum absolute atomic E-state index is 0.376. The molecule has 3 fully saturated rings. The monoisotopic (exact) mass is 290 g/mol. The molecule has 5 unspecified atom stereocenters. The number of halogens is 1. The Morgan fingerprint density at radius 2 is 1.95 bits per heavy atom. The molecule has 20 heavy (non-hydrogen) atoms. The standard InChI is InChI=1S/C17H19ClO2/c18-11-6-10-3-4-20-17(10)12(7-11)16(19)15-13-8-1-2-9(5-8)14(13)15/h6-9,13-16,19H,1-5H2. The van der Waals surface area contributed by atoms with Crippen molar-refractivity contribution in [3.63, 3.8) is 0 Å². The Hall–Kier alpha value is -0.730. The minimum Gasteiger partial charge on any atom is -0.493 e. The molecule has 0 spiro atoms. The quantitative estimate of drug-likeness (QED) is 0.902. The van der Waals surface area contributed by atoms with Crippen LogP contribution in [0.2, 0.25) is 5.02 Å². The molecule has 2 bridgehead atoms. The third-order valence-electron chi connectivity index (χ3n) is 6.26. The van der Waals surface area contributed by atoms with Gasteiger partial charge in [-0.3, -0.25) is 0 Å². The van der Waals surface area contributed by atoms with Gasteiger partial charge in [-0.2, -0.15) is 0 Å². The van der Waals surface area contributed by atoms with E-state index in [2.05, 4.69) is 0 Å². The van der Waals surface area contributed by atoms with Gasteiger partial charge in [0.05, 0.1) is 12.7 Å². The average Bonchev–Trinajstić information content (AvgIpc) is 2.84. The number of benzene rings is 1. The van der Waals surface area contributed by atoms with Crippen molar-refractivity contribution >= 4 is 11.6 Å². The normalized spacial score (nSPS) is 41.2. The summed E-state index contributed by atoms with van der Waals surface area (Å²) in [6.45, 7) is 0.720. The van der Waals surface area contributed by atoms with Gasteiger partial charge in [0.15, 0.2) is 0 Å². The van der Waals surface area contributed by atoms with Gasteiger partial charge in [-0.1, -0.05) is 11.6 Å². The molecule has 1 heterocycles. The third-order valence-corrected chi connectivity index (χ3v) is 6.47. The number of fused-ring (bicyclic) bond motifs is 6. The van der Waals surface area contributed by atoms with Crippen molar-refractivity contribution in [2.24, 2.45) is 29.6 Å². The van der Waals surface area contributed by atoms with Gasteiger partial charge in [0.1, 0.15) is 5.75 Å². The average molecular weight is 291 g/mol. The molecule has 0 radical (unpaired) electrons. The number of hydrogen-bond donors (Lipinski definition) is 1. The minimum atomic E-state index is -0.376. The van der Waals surface area contributed by atoms with Crippen molar-refractivity contribution in [1.29, 1.82) is 0 Å². The lowest BCUT2D eigenvalue weighted by Gasteiger charge is -2.18. The van der Waals surface area contributed by atoms with Crippen molar-refractivity contribution in [2.75, 3.05) is 6.61 Å². The zero-order valence-electron chi connectivity index (χ0n) is 11.4. The lowest BCUT2D eigenvalue weighted by Crippen LogP contribution is -2.09. The first-order valence-electron chi connectivity index (χ1n) is 7.87. The second-order valence-corrected chi connectivity index (χ2v) is 7.53. The molecule has 5 rings (SSSR count). The Morgan fingerprint density at radius 3 is 2.70 bits per heavy atom. The molecule has 1 aromatic carbocycles. The number of aliphatic hydroxyl groups is 1. The van der Waals surface area contributed by atoms with E-state index in [4.69, 9.17) is 16.3 Å². The van der Waals surface area contributed by atoms with E-state index in [1.54, 1.807) is 0 Å². The first-order chi connectivity index (χ1) is 9.74. The van der Waals surface area contributed by atoms with Crippen molar-refractivity contribution in [1.82, 2.24) is 0 Å². The van der Waals surface area contributed by atoms with Crippen molar-refractivity contribution < 1.29 is 9.84 Å². The summed E-state index contributed by atoms with van der Waals surface area (Å²) < 4.78 is 5.76. The smallest absolute Gasteiger partial charge is 0.128 e. The SMILES string of the molecule is OC(c1cc(Cl)cc2c1OCC2)C1C2C3CCC(C3)C21. The molecule has 4 aliphatic rings. The van der Waals surface area contributed by atoms with Crippen LogP contribution in [0.15, 0.2) is 12.1 Å². The van der Waals surface area contributed by atoms with Gasteiger partial charge in [-0.25, -0.2) is 0 Å². The van der Waals surface area contributed by atoms with Crippen LogP contribution in [0.5, 0.6) is 5.75 Å². The van der Waals surface area contributed by atoms with Crippen molar-refractivity contribution in [3.05, 3.63) is 28.3 Å². The van der Waals surface area contributed by atoms with Crippen LogP contribution >= 0.6 is 11.6 Å². The molecule has 1 N–H and O–H groups in total. The zero-order valence-corrected chi connectivity index (χ0v) is 12.1. The molecule has 0 aromatic heterocycles. The van der Waals surface area contributed by atoms with Gasteiger partial charge in [-0.05, 0) is 66.5 Å². The molecular formula is C17H19ClO2. The van der Waals surface area contributed by atoms with Crippen LogP contribution in [0.25, 0.3) is 0 Å². The first-order valence-corrected chi connectivity index (χ1v) is 8.25. The number of aliphatic hydroxyl groups excluding tert-OH is 1. The zero-order chi connectivity index (χ0) is 13.4. The number of rotatable bonds is 2. The summed E-state index contributed by atoms with van der Waals surface area (Å²) in [4.78, 5) is 0. The summed E-state index contributed by atoms with van der Waals surface area (Å²) in [5, 5.41) is 11.6. The third kappa shape index (κ3) is 1.44. The van der Waals surface area contributed by atoms with Crippen LogP contribution in [-0.4, -0.2) is 11.7 Å². The summed E-state index contributed by atoms with van der Waals surface area (Å²) in [5.41, 5.74) is 2.11. The van der Waals surface area contributed by atoms with Crippen LogP contribution in [0.1, 0.15) is 36.5 Å². The highest BCUT2D eigenvalue weighted by Gasteiger charge is 2.67. The Balaban J connectivity index is 1.49. The second kappa shape index (κ2) is 3.92. The Labute approximate surface area is 124 Å². The maximum atomic E-state index is 10.9. The fourth-order valence-electron chi connectivity index (χ4n) is 5.54. The van der Waals surface area contributed by atoms with E-state index in [0.29, 0.717) is 5.92 Å². The predicted molar refractivity (Wildman–Crippen MR) is 76.9 cm³/mol. The van der Waals surface area contributed by atoms with Gasteiger partial charge >= 0.3 is 0 Å². The number of hydrogen-bond acceptors (Lipinski definition) is 2. The Kier molecular flexibility index (Phi) is 2.33. The van der Waals surface area contributed by atoms with Crippen LogP contribution < -0.4 is 4.74 Å². The molecule has 1 aromatic rings. The van der Waals surface area contributed by atoms with Crippen molar-refractivity contribution in [2.45, 2.75) is 31.8 Å². The first kappa shape index (κ1) is 11.9. The fraction of sp³-hybridized carbons (Fsp3) is 0.647. The van der Waals surface area contributed by atoms with Gasteiger partial charge in [0, 0.05) is 17.0 Å². The van der Waals surface area contributed by atoms with Crippen molar-refractivity contribution in [3.8, 4) is 5.75 Å². The molecule has 5 atom stereocenters. The molecule has 3 aliphatic carbocycles. The van der Waals surface area contributed by atoms with Gasteiger partial charge in [0.25, 0.3) is 0 Å². The predicted octanol–water partition coefficient (Wildman–Crippen LogP) is 3.60. The molecule has 2 nitrogen and oxygen atoms in total. The van der Waals surface area contributed by atoms with E-state index in [0.717, 1.165) is 53.0 Å². The Bertz CT molecular complexity index is 569. The van der Waals surface area contributed by atoms with E-state index in [1.807, 2.05) is 12.1 Å². The van der Waals surface area contributed by atoms with E-state index in [9.17, 15) is 5.11 Å². The maximum absolute atomic E-state index is 10.9.